The molecule has 0 aliphatic heterocycles. The smallest absolute Gasteiger partial charge is 0.251 e. The Balaban J connectivity index is 2.08. The summed E-state index contributed by atoms with van der Waals surface area (Å²) in [6, 6.07) is 12.9. The summed E-state index contributed by atoms with van der Waals surface area (Å²) in [4.78, 5) is 12.8. The Kier molecular flexibility index (Phi) is 4.22. The fourth-order valence-electron chi connectivity index (χ4n) is 1.76. The van der Waals surface area contributed by atoms with Gasteiger partial charge in [-0.25, -0.2) is 4.39 Å². The van der Waals surface area contributed by atoms with Crippen molar-refractivity contribution in [1.29, 1.82) is 0 Å². The molecular formula is C15H14FNOS. The fraction of sp³-hybridized carbons (Fsp3) is 0.133. The van der Waals surface area contributed by atoms with E-state index < -0.39 is 0 Å². The standard InChI is InChI=1S/C15H14FNOS/c1-10(11-5-7-13(16)8-6-11)17-15(18)12-3-2-4-14(19)9-12/h2-10,19H,1H3,(H,17,18). The second-order valence-corrected chi connectivity index (χ2v) is 4.81. The molecule has 0 aromatic heterocycles. The van der Waals surface area contributed by atoms with Crippen molar-refractivity contribution in [1.82, 2.24) is 5.32 Å². The molecule has 98 valence electrons. The molecule has 0 saturated carbocycles. The Morgan fingerprint density at radius 2 is 1.89 bits per heavy atom. The third-order valence-corrected chi connectivity index (χ3v) is 3.10. The van der Waals surface area contributed by atoms with E-state index in [0.717, 1.165) is 10.5 Å². The molecule has 0 aliphatic rings. The number of benzene rings is 2. The highest BCUT2D eigenvalue weighted by molar-refractivity contribution is 7.80. The normalized spacial score (nSPS) is 11.9. The first-order chi connectivity index (χ1) is 9.06. The van der Waals surface area contributed by atoms with Crippen molar-refractivity contribution in [3.05, 3.63) is 65.5 Å². The molecule has 0 radical (unpaired) electrons. The first kappa shape index (κ1) is 13.6. The molecule has 2 aromatic carbocycles. The zero-order chi connectivity index (χ0) is 13.8. The molecule has 19 heavy (non-hydrogen) atoms. The minimum Gasteiger partial charge on any atom is -0.346 e. The molecule has 0 saturated heterocycles. The number of rotatable bonds is 3. The van der Waals surface area contributed by atoms with Gasteiger partial charge in [0.2, 0.25) is 0 Å². The van der Waals surface area contributed by atoms with Crippen LogP contribution in [0.5, 0.6) is 0 Å². The predicted molar refractivity (Wildman–Crippen MR) is 76.0 cm³/mol. The summed E-state index contributed by atoms with van der Waals surface area (Å²) in [5.74, 6) is -0.460. The Bertz CT molecular complexity index is 583. The van der Waals surface area contributed by atoms with Gasteiger partial charge < -0.3 is 5.32 Å². The van der Waals surface area contributed by atoms with Gasteiger partial charge in [0.1, 0.15) is 5.82 Å². The van der Waals surface area contributed by atoms with Crippen LogP contribution in [0.1, 0.15) is 28.9 Å². The van der Waals surface area contributed by atoms with Crippen LogP contribution in [-0.2, 0) is 0 Å². The number of carbonyl (C=O) groups excluding carboxylic acids is 1. The van der Waals surface area contributed by atoms with E-state index in [0.29, 0.717) is 5.56 Å². The van der Waals surface area contributed by atoms with Crippen molar-refractivity contribution >= 4 is 18.5 Å². The van der Waals surface area contributed by atoms with Gasteiger partial charge in [-0.1, -0.05) is 18.2 Å². The molecule has 1 unspecified atom stereocenters. The van der Waals surface area contributed by atoms with Gasteiger partial charge >= 0.3 is 0 Å². The van der Waals surface area contributed by atoms with Gasteiger partial charge in [-0.15, -0.1) is 12.6 Å². The van der Waals surface area contributed by atoms with E-state index in [1.54, 1.807) is 30.3 Å². The summed E-state index contributed by atoms with van der Waals surface area (Å²) < 4.78 is 12.8. The highest BCUT2D eigenvalue weighted by Crippen LogP contribution is 2.15. The predicted octanol–water partition coefficient (Wildman–Crippen LogP) is 3.61. The zero-order valence-corrected chi connectivity index (χ0v) is 11.3. The molecule has 0 spiro atoms. The van der Waals surface area contributed by atoms with E-state index >= 15 is 0 Å². The summed E-state index contributed by atoms with van der Waals surface area (Å²) in [7, 11) is 0. The van der Waals surface area contributed by atoms with Gasteiger partial charge in [0, 0.05) is 10.5 Å². The first-order valence-corrected chi connectivity index (χ1v) is 6.36. The first-order valence-electron chi connectivity index (χ1n) is 5.91. The van der Waals surface area contributed by atoms with Crippen molar-refractivity contribution < 1.29 is 9.18 Å². The van der Waals surface area contributed by atoms with E-state index in [9.17, 15) is 9.18 Å². The van der Waals surface area contributed by atoms with Crippen molar-refractivity contribution in [3.63, 3.8) is 0 Å². The molecular weight excluding hydrogens is 261 g/mol. The minimum absolute atomic E-state index is 0.173. The molecule has 2 rings (SSSR count). The molecule has 1 atom stereocenters. The van der Waals surface area contributed by atoms with Crippen LogP contribution >= 0.6 is 12.6 Å². The van der Waals surface area contributed by atoms with Crippen molar-refractivity contribution in [3.8, 4) is 0 Å². The lowest BCUT2D eigenvalue weighted by atomic mass is 10.1. The number of carbonyl (C=O) groups is 1. The summed E-state index contributed by atoms with van der Waals surface area (Å²) in [5, 5.41) is 2.86. The molecule has 0 heterocycles. The Labute approximate surface area is 117 Å². The lowest BCUT2D eigenvalue weighted by Gasteiger charge is -2.14. The molecule has 0 aliphatic carbocycles. The molecule has 0 fully saturated rings. The van der Waals surface area contributed by atoms with E-state index in [4.69, 9.17) is 0 Å². The van der Waals surface area contributed by atoms with Crippen LogP contribution in [0.4, 0.5) is 4.39 Å². The molecule has 1 N–H and O–H groups in total. The second-order valence-electron chi connectivity index (χ2n) is 4.30. The van der Waals surface area contributed by atoms with Gasteiger partial charge in [0.05, 0.1) is 6.04 Å². The Morgan fingerprint density at radius 1 is 1.21 bits per heavy atom. The number of halogens is 1. The summed E-state index contributed by atoms with van der Waals surface area (Å²) in [6.45, 7) is 1.86. The van der Waals surface area contributed by atoms with E-state index in [2.05, 4.69) is 17.9 Å². The van der Waals surface area contributed by atoms with E-state index in [1.165, 1.54) is 12.1 Å². The third-order valence-electron chi connectivity index (χ3n) is 2.83. The number of thiol groups is 1. The lowest BCUT2D eigenvalue weighted by molar-refractivity contribution is 0.0939. The number of hydrogen-bond donors (Lipinski definition) is 2. The molecule has 1 amide bonds. The van der Waals surface area contributed by atoms with Crippen LogP contribution in [0.15, 0.2) is 53.4 Å². The third kappa shape index (κ3) is 3.58. The van der Waals surface area contributed by atoms with Gasteiger partial charge in [-0.3, -0.25) is 4.79 Å². The van der Waals surface area contributed by atoms with Gasteiger partial charge in [0.25, 0.3) is 5.91 Å². The number of nitrogens with one attached hydrogen (secondary N) is 1. The lowest BCUT2D eigenvalue weighted by Crippen LogP contribution is -2.26. The van der Waals surface area contributed by atoms with Crippen molar-refractivity contribution in [2.24, 2.45) is 0 Å². The zero-order valence-electron chi connectivity index (χ0n) is 10.4. The second kappa shape index (κ2) is 5.89. The molecule has 2 nitrogen and oxygen atoms in total. The average molecular weight is 275 g/mol. The topological polar surface area (TPSA) is 29.1 Å². The van der Waals surface area contributed by atoms with Crippen molar-refractivity contribution in [2.45, 2.75) is 17.9 Å². The van der Waals surface area contributed by atoms with Crippen LogP contribution in [0.25, 0.3) is 0 Å². The van der Waals surface area contributed by atoms with Crippen LogP contribution in [0.2, 0.25) is 0 Å². The monoisotopic (exact) mass is 275 g/mol. The molecule has 2 aromatic rings. The fourth-order valence-corrected chi connectivity index (χ4v) is 1.99. The number of hydrogen-bond acceptors (Lipinski definition) is 2. The maximum absolute atomic E-state index is 12.8. The van der Waals surface area contributed by atoms with Gasteiger partial charge in [0.15, 0.2) is 0 Å². The Morgan fingerprint density at radius 3 is 2.53 bits per heavy atom. The summed E-state index contributed by atoms with van der Waals surface area (Å²) in [6.07, 6.45) is 0. The highest BCUT2D eigenvalue weighted by atomic mass is 32.1. The van der Waals surface area contributed by atoms with Gasteiger partial charge in [-0.2, -0.15) is 0 Å². The van der Waals surface area contributed by atoms with Crippen LogP contribution in [0, 0.1) is 5.82 Å². The number of amides is 1. The SMILES string of the molecule is CC(NC(=O)c1cccc(S)c1)c1ccc(F)cc1. The summed E-state index contributed by atoms with van der Waals surface area (Å²) >= 11 is 4.20. The van der Waals surface area contributed by atoms with E-state index in [-0.39, 0.29) is 17.8 Å². The van der Waals surface area contributed by atoms with Crippen LogP contribution in [-0.4, -0.2) is 5.91 Å². The largest absolute Gasteiger partial charge is 0.346 e. The quantitative estimate of drug-likeness (QED) is 0.823. The molecule has 0 bridgehead atoms. The molecule has 4 heteroatoms. The summed E-state index contributed by atoms with van der Waals surface area (Å²) in [5.41, 5.74) is 1.42. The van der Waals surface area contributed by atoms with Gasteiger partial charge in [-0.05, 0) is 42.8 Å². The highest BCUT2D eigenvalue weighted by Gasteiger charge is 2.11. The average Bonchev–Trinajstić information content (AvgIpc) is 2.39. The minimum atomic E-state index is -0.287. The van der Waals surface area contributed by atoms with Crippen molar-refractivity contribution in [2.75, 3.05) is 0 Å². The maximum atomic E-state index is 12.8. The van der Waals surface area contributed by atoms with Crippen LogP contribution < -0.4 is 5.32 Å². The van der Waals surface area contributed by atoms with Crippen LogP contribution in [0.3, 0.4) is 0 Å². The maximum Gasteiger partial charge on any atom is 0.251 e. The Hall–Kier alpha value is -1.81. The van der Waals surface area contributed by atoms with E-state index in [1.807, 2.05) is 13.0 Å².